The summed E-state index contributed by atoms with van der Waals surface area (Å²) in [6, 6.07) is 0. The van der Waals surface area contributed by atoms with Crippen LogP contribution in [0.15, 0.2) is 0 Å². The number of piperidine rings is 1. The van der Waals surface area contributed by atoms with Gasteiger partial charge in [0.05, 0.1) is 0 Å². The van der Waals surface area contributed by atoms with Gasteiger partial charge in [-0.15, -0.1) is 0 Å². The topological polar surface area (TPSA) is 24.5 Å². The Hall–Kier alpha value is -0.120. The predicted molar refractivity (Wildman–Crippen MR) is 71.3 cm³/mol. The van der Waals surface area contributed by atoms with Gasteiger partial charge in [-0.05, 0) is 70.6 Å². The Kier molecular flexibility index (Phi) is 6.32. The van der Waals surface area contributed by atoms with Crippen molar-refractivity contribution in [2.75, 3.05) is 45.9 Å². The molecule has 3 nitrogen and oxygen atoms in total. The molecule has 1 atom stereocenters. The molecule has 2 aliphatic rings. The lowest BCUT2D eigenvalue weighted by molar-refractivity contribution is 0.107. The highest BCUT2D eigenvalue weighted by atomic mass is 16.5. The Morgan fingerprint density at radius 3 is 2.76 bits per heavy atom. The zero-order valence-electron chi connectivity index (χ0n) is 11.1. The molecule has 100 valence electrons. The highest BCUT2D eigenvalue weighted by Gasteiger charge is 2.12. The van der Waals surface area contributed by atoms with Crippen LogP contribution in [-0.2, 0) is 4.74 Å². The summed E-state index contributed by atoms with van der Waals surface area (Å²) in [5.74, 6) is 0.863. The van der Waals surface area contributed by atoms with Gasteiger partial charge in [-0.2, -0.15) is 0 Å². The molecule has 0 aromatic heterocycles. The van der Waals surface area contributed by atoms with E-state index in [1.807, 2.05) is 0 Å². The minimum Gasteiger partial charge on any atom is -0.381 e. The van der Waals surface area contributed by atoms with Crippen LogP contribution in [0.4, 0.5) is 0 Å². The average molecular weight is 240 g/mol. The van der Waals surface area contributed by atoms with Crippen molar-refractivity contribution in [3.05, 3.63) is 0 Å². The molecule has 0 bridgehead atoms. The lowest BCUT2D eigenvalue weighted by Gasteiger charge is -2.22. The quantitative estimate of drug-likeness (QED) is 0.688. The van der Waals surface area contributed by atoms with Crippen LogP contribution in [0.25, 0.3) is 0 Å². The van der Waals surface area contributed by atoms with Crippen LogP contribution in [0, 0.1) is 5.92 Å². The minimum atomic E-state index is 0.863. The summed E-state index contributed by atoms with van der Waals surface area (Å²) in [4.78, 5) is 2.56. The first-order chi connectivity index (χ1) is 8.45. The number of nitrogens with one attached hydrogen (secondary N) is 1. The number of hydrogen-bond acceptors (Lipinski definition) is 3. The number of likely N-dealkylation sites (tertiary alicyclic amines) is 1. The Morgan fingerprint density at radius 2 is 2.00 bits per heavy atom. The molecule has 0 aromatic rings. The minimum absolute atomic E-state index is 0.863. The highest BCUT2D eigenvalue weighted by molar-refractivity contribution is 4.68. The van der Waals surface area contributed by atoms with Crippen molar-refractivity contribution in [2.45, 2.75) is 38.5 Å². The third-order valence-corrected chi connectivity index (χ3v) is 4.03. The molecule has 2 fully saturated rings. The van der Waals surface area contributed by atoms with Crippen molar-refractivity contribution in [1.29, 1.82) is 0 Å². The second-order valence-corrected chi connectivity index (χ2v) is 5.52. The van der Waals surface area contributed by atoms with Crippen LogP contribution in [-0.4, -0.2) is 50.8 Å². The zero-order chi connectivity index (χ0) is 11.8. The summed E-state index contributed by atoms with van der Waals surface area (Å²) in [6.45, 7) is 8.21. The SMILES string of the molecule is C1CNCC(CCOCCCN2CCCC2)C1. The second-order valence-electron chi connectivity index (χ2n) is 5.52. The fraction of sp³-hybridized carbons (Fsp3) is 1.00. The van der Waals surface area contributed by atoms with E-state index < -0.39 is 0 Å². The van der Waals surface area contributed by atoms with Gasteiger partial charge in [0, 0.05) is 19.8 Å². The van der Waals surface area contributed by atoms with Gasteiger partial charge in [-0.1, -0.05) is 0 Å². The highest BCUT2D eigenvalue weighted by Crippen LogP contribution is 2.13. The lowest BCUT2D eigenvalue weighted by atomic mass is 9.97. The van der Waals surface area contributed by atoms with E-state index in [-0.39, 0.29) is 0 Å². The van der Waals surface area contributed by atoms with Crippen LogP contribution in [0.3, 0.4) is 0 Å². The molecule has 1 unspecified atom stereocenters. The Bertz CT molecular complexity index is 187. The average Bonchev–Trinajstić information content (AvgIpc) is 2.88. The molecule has 17 heavy (non-hydrogen) atoms. The molecule has 3 heteroatoms. The maximum atomic E-state index is 5.74. The number of hydrogen-bond donors (Lipinski definition) is 1. The van der Waals surface area contributed by atoms with E-state index in [4.69, 9.17) is 4.74 Å². The van der Waals surface area contributed by atoms with E-state index in [0.717, 1.165) is 19.1 Å². The van der Waals surface area contributed by atoms with Gasteiger partial charge in [0.1, 0.15) is 0 Å². The van der Waals surface area contributed by atoms with E-state index in [0.29, 0.717) is 0 Å². The van der Waals surface area contributed by atoms with Crippen molar-refractivity contribution >= 4 is 0 Å². The van der Waals surface area contributed by atoms with Crippen LogP contribution in [0.1, 0.15) is 38.5 Å². The van der Waals surface area contributed by atoms with Crippen molar-refractivity contribution in [3.63, 3.8) is 0 Å². The first-order valence-electron chi connectivity index (χ1n) is 7.46. The molecule has 0 aromatic carbocycles. The summed E-state index contributed by atoms with van der Waals surface area (Å²) in [6.07, 6.45) is 7.99. The molecule has 0 saturated carbocycles. The van der Waals surface area contributed by atoms with E-state index >= 15 is 0 Å². The van der Waals surface area contributed by atoms with Gasteiger partial charge in [0.15, 0.2) is 0 Å². The number of ether oxygens (including phenoxy) is 1. The van der Waals surface area contributed by atoms with Gasteiger partial charge in [-0.25, -0.2) is 0 Å². The fourth-order valence-electron chi connectivity index (χ4n) is 2.92. The first-order valence-corrected chi connectivity index (χ1v) is 7.46. The number of nitrogens with zero attached hydrogens (tertiary/aromatic N) is 1. The van der Waals surface area contributed by atoms with Gasteiger partial charge in [-0.3, -0.25) is 0 Å². The van der Waals surface area contributed by atoms with Crippen molar-refractivity contribution in [1.82, 2.24) is 10.2 Å². The van der Waals surface area contributed by atoms with Crippen LogP contribution >= 0.6 is 0 Å². The Balaban J connectivity index is 1.38. The fourth-order valence-corrected chi connectivity index (χ4v) is 2.92. The molecule has 1 N–H and O–H groups in total. The predicted octanol–water partition coefficient (Wildman–Crippen LogP) is 1.88. The summed E-state index contributed by atoms with van der Waals surface area (Å²) >= 11 is 0. The normalized spacial score (nSPS) is 26.5. The van der Waals surface area contributed by atoms with E-state index in [2.05, 4.69) is 10.2 Å². The van der Waals surface area contributed by atoms with Gasteiger partial charge >= 0.3 is 0 Å². The lowest BCUT2D eigenvalue weighted by Crippen LogP contribution is -2.30. The molecular weight excluding hydrogens is 212 g/mol. The van der Waals surface area contributed by atoms with Gasteiger partial charge in [0.2, 0.25) is 0 Å². The van der Waals surface area contributed by atoms with Crippen LogP contribution in [0.2, 0.25) is 0 Å². The smallest absolute Gasteiger partial charge is 0.0478 e. The maximum absolute atomic E-state index is 5.74. The third kappa shape index (κ3) is 5.36. The van der Waals surface area contributed by atoms with Gasteiger partial charge in [0.25, 0.3) is 0 Å². The molecule has 2 rings (SSSR count). The Morgan fingerprint density at radius 1 is 1.12 bits per heavy atom. The van der Waals surface area contributed by atoms with Crippen molar-refractivity contribution < 1.29 is 4.74 Å². The number of rotatable bonds is 7. The molecule has 2 aliphatic heterocycles. The first kappa shape index (κ1) is 13.3. The molecule has 0 radical (unpaired) electrons. The second kappa shape index (κ2) is 8.06. The summed E-state index contributed by atoms with van der Waals surface area (Å²) in [5, 5.41) is 3.46. The van der Waals surface area contributed by atoms with Crippen molar-refractivity contribution in [3.8, 4) is 0 Å². The van der Waals surface area contributed by atoms with Crippen molar-refractivity contribution in [2.24, 2.45) is 5.92 Å². The van der Waals surface area contributed by atoms with E-state index in [1.165, 1.54) is 71.2 Å². The van der Waals surface area contributed by atoms with Crippen LogP contribution < -0.4 is 5.32 Å². The summed E-state index contributed by atoms with van der Waals surface area (Å²) in [5.41, 5.74) is 0. The molecule has 2 saturated heterocycles. The molecule has 0 amide bonds. The standard InChI is InChI=1S/C14H28N2O/c1-2-9-16(8-1)10-4-11-17-12-6-14-5-3-7-15-13-14/h14-15H,1-13H2. The zero-order valence-corrected chi connectivity index (χ0v) is 11.1. The van der Waals surface area contributed by atoms with Crippen LogP contribution in [0.5, 0.6) is 0 Å². The monoisotopic (exact) mass is 240 g/mol. The van der Waals surface area contributed by atoms with E-state index in [9.17, 15) is 0 Å². The largest absolute Gasteiger partial charge is 0.381 e. The third-order valence-electron chi connectivity index (χ3n) is 4.03. The molecule has 2 heterocycles. The summed E-state index contributed by atoms with van der Waals surface area (Å²) < 4.78 is 5.74. The molecule has 0 spiro atoms. The van der Waals surface area contributed by atoms with E-state index in [1.54, 1.807) is 0 Å². The summed E-state index contributed by atoms with van der Waals surface area (Å²) in [7, 11) is 0. The maximum Gasteiger partial charge on any atom is 0.0478 e. The van der Waals surface area contributed by atoms with Gasteiger partial charge < -0.3 is 15.0 Å². The Labute approximate surface area is 106 Å². The molecule has 0 aliphatic carbocycles. The molecular formula is C14H28N2O.